The van der Waals surface area contributed by atoms with Gasteiger partial charge in [-0.25, -0.2) is 4.98 Å². The van der Waals surface area contributed by atoms with Gasteiger partial charge < -0.3 is 20.1 Å². The van der Waals surface area contributed by atoms with Gasteiger partial charge in [0.25, 0.3) is 5.91 Å². The second kappa shape index (κ2) is 6.32. The van der Waals surface area contributed by atoms with Crippen LogP contribution in [0.25, 0.3) is 0 Å². The van der Waals surface area contributed by atoms with Crippen LogP contribution < -0.4 is 15.4 Å². The SMILES string of the molecule is CNC(=O)c1cccnc1O[C@@H]1CNCCOC1. The molecule has 2 N–H and O–H groups in total. The monoisotopic (exact) mass is 251 g/mol. The maximum atomic E-state index is 11.7. The van der Waals surface area contributed by atoms with Gasteiger partial charge in [0.2, 0.25) is 5.88 Å². The van der Waals surface area contributed by atoms with Crippen LogP contribution >= 0.6 is 0 Å². The highest BCUT2D eigenvalue weighted by molar-refractivity contribution is 5.96. The second-order valence-corrected chi connectivity index (χ2v) is 3.95. The van der Waals surface area contributed by atoms with Crippen LogP contribution in [0.1, 0.15) is 10.4 Å². The Labute approximate surface area is 106 Å². The van der Waals surface area contributed by atoms with Crippen LogP contribution in [0.4, 0.5) is 0 Å². The fraction of sp³-hybridized carbons (Fsp3) is 0.500. The average molecular weight is 251 g/mol. The molecule has 1 saturated heterocycles. The molecule has 1 amide bonds. The van der Waals surface area contributed by atoms with Crippen molar-refractivity contribution in [3.63, 3.8) is 0 Å². The maximum Gasteiger partial charge on any atom is 0.256 e. The first-order valence-corrected chi connectivity index (χ1v) is 5.93. The zero-order valence-corrected chi connectivity index (χ0v) is 10.3. The summed E-state index contributed by atoms with van der Waals surface area (Å²) in [6.45, 7) is 2.66. The number of ether oxygens (including phenoxy) is 2. The van der Waals surface area contributed by atoms with E-state index in [4.69, 9.17) is 9.47 Å². The lowest BCUT2D eigenvalue weighted by Gasteiger charge is -2.17. The molecule has 6 nitrogen and oxygen atoms in total. The summed E-state index contributed by atoms with van der Waals surface area (Å²) in [5, 5.41) is 5.77. The van der Waals surface area contributed by atoms with Crippen molar-refractivity contribution in [2.45, 2.75) is 6.10 Å². The molecule has 0 bridgehead atoms. The number of amides is 1. The quantitative estimate of drug-likeness (QED) is 0.779. The average Bonchev–Trinajstić information content (AvgIpc) is 2.67. The van der Waals surface area contributed by atoms with E-state index in [-0.39, 0.29) is 12.0 Å². The van der Waals surface area contributed by atoms with Crippen molar-refractivity contribution in [3.05, 3.63) is 23.9 Å². The zero-order chi connectivity index (χ0) is 12.8. The van der Waals surface area contributed by atoms with Crippen molar-refractivity contribution >= 4 is 5.91 Å². The van der Waals surface area contributed by atoms with E-state index in [2.05, 4.69) is 15.6 Å². The fourth-order valence-electron chi connectivity index (χ4n) is 1.71. The summed E-state index contributed by atoms with van der Waals surface area (Å²) in [6.07, 6.45) is 1.47. The van der Waals surface area contributed by atoms with E-state index in [0.29, 0.717) is 31.2 Å². The highest BCUT2D eigenvalue weighted by Gasteiger charge is 2.18. The summed E-state index contributed by atoms with van der Waals surface area (Å²) in [6, 6.07) is 3.39. The number of pyridine rings is 1. The normalized spacial score (nSPS) is 19.9. The highest BCUT2D eigenvalue weighted by Crippen LogP contribution is 2.16. The van der Waals surface area contributed by atoms with Crippen molar-refractivity contribution in [1.82, 2.24) is 15.6 Å². The van der Waals surface area contributed by atoms with Crippen molar-refractivity contribution in [2.75, 3.05) is 33.4 Å². The van der Waals surface area contributed by atoms with Crippen molar-refractivity contribution in [3.8, 4) is 5.88 Å². The third kappa shape index (κ3) is 3.18. The Balaban J connectivity index is 2.10. The van der Waals surface area contributed by atoms with Gasteiger partial charge in [0.15, 0.2) is 0 Å². The summed E-state index contributed by atoms with van der Waals surface area (Å²) in [5.41, 5.74) is 0.434. The molecule has 18 heavy (non-hydrogen) atoms. The zero-order valence-electron chi connectivity index (χ0n) is 10.3. The van der Waals surface area contributed by atoms with Crippen molar-refractivity contribution < 1.29 is 14.3 Å². The molecule has 1 aliphatic rings. The predicted molar refractivity (Wildman–Crippen MR) is 65.7 cm³/mol. The Bertz CT molecular complexity index is 403. The Kier molecular flexibility index (Phi) is 4.49. The van der Waals surface area contributed by atoms with Gasteiger partial charge in [-0.05, 0) is 12.1 Å². The number of rotatable bonds is 3. The summed E-state index contributed by atoms with van der Waals surface area (Å²) in [7, 11) is 1.58. The molecule has 98 valence electrons. The standard InChI is InChI=1S/C12H17N3O3/c1-13-11(16)10-3-2-4-15-12(10)18-9-7-14-5-6-17-8-9/h2-4,9,14H,5-8H2,1H3,(H,13,16)/t9-/m1/s1. The van der Waals surface area contributed by atoms with E-state index in [1.54, 1.807) is 25.4 Å². The molecular formula is C12H17N3O3. The lowest BCUT2D eigenvalue weighted by molar-refractivity contribution is 0.0689. The molecule has 0 spiro atoms. The van der Waals surface area contributed by atoms with Crippen LogP contribution in [0.3, 0.4) is 0 Å². The van der Waals surface area contributed by atoms with Gasteiger partial charge in [0.05, 0.1) is 13.2 Å². The van der Waals surface area contributed by atoms with Gasteiger partial charge in [0.1, 0.15) is 11.7 Å². The maximum absolute atomic E-state index is 11.7. The van der Waals surface area contributed by atoms with E-state index >= 15 is 0 Å². The molecule has 0 aromatic carbocycles. The van der Waals surface area contributed by atoms with E-state index in [9.17, 15) is 4.79 Å². The number of nitrogens with zero attached hydrogens (tertiary/aromatic N) is 1. The van der Waals surface area contributed by atoms with E-state index in [0.717, 1.165) is 6.54 Å². The number of hydrogen-bond acceptors (Lipinski definition) is 5. The molecule has 1 fully saturated rings. The van der Waals surface area contributed by atoms with Gasteiger partial charge in [-0.1, -0.05) is 0 Å². The van der Waals surface area contributed by atoms with Crippen LogP contribution in [-0.4, -0.2) is 50.3 Å². The third-order valence-corrected chi connectivity index (χ3v) is 2.62. The molecule has 0 aliphatic carbocycles. The molecule has 1 atom stereocenters. The van der Waals surface area contributed by atoms with Gasteiger partial charge in [0, 0.05) is 26.3 Å². The number of carbonyl (C=O) groups is 1. The van der Waals surface area contributed by atoms with Gasteiger partial charge in [-0.15, -0.1) is 0 Å². The molecule has 1 aliphatic heterocycles. The number of hydrogen-bond donors (Lipinski definition) is 2. The van der Waals surface area contributed by atoms with Crippen LogP contribution in [0.15, 0.2) is 18.3 Å². The van der Waals surface area contributed by atoms with E-state index in [1.165, 1.54) is 0 Å². The first-order valence-electron chi connectivity index (χ1n) is 5.93. The molecule has 2 rings (SSSR count). The number of carbonyl (C=O) groups excluding carboxylic acids is 1. The lowest BCUT2D eigenvalue weighted by Crippen LogP contribution is -2.33. The van der Waals surface area contributed by atoms with Crippen LogP contribution in [0, 0.1) is 0 Å². The fourth-order valence-corrected chi connectivity index (χ4v) is 1.71. The molecule has 0 unspecified atom stereocenters. The summed E-state index contributed by atoms with van der Waals surface area (Å²) in [5.74, 6) is 0.134. The van der Waals surface area contributed by atoms with Crippen LogP contribution in [0.2, 0.25) is 0 Å². The molecule has 2 heterocycles. The number of nitrogens with one attached hydrogen (secondary N) is 2. The summed E-state index contributed by atoms with van der Waals surface area (Å²) < 4.78 is 11.1. The largest absolute Gasteiger partial charge is 0.470 e. The smallest absolute Gasteiger partial charge is 0.256 e. The van der Waals surface area contributed by atoms with Crippen LogP contribution in [-0.2, 0) is 4.74 Å². The van der Waals surface area contributed by atoms with Gasteiger partial charge >= 0.3 is 0 Å². The highest BCUT2D eigenvalue weighted by atomic mass is 16.5. The number of aromatic nitrogens is 1. The first-order chi connectivity index (χ1) is 8.81. The minimum absolute atomic E-state index is 0.134. The minimum atomic E-state index is -0.208. The molecule has 1 aromatic heterocycles. The summed E-state index contributed by atoms with van der Waals surface area (Å²) >= 11 is 0. The Morgan fingerprint density at radius 1 is 1.67 bits per heavy atom. The van der Waals surface area contributed by atoms with E-state index in [1.807, 2.05) is 0 Å². The third-order valence-electron chi connectivity index (χ3n) is 2.62. The Hall–Kier alpha value is -1.66. The van der Waals surface area contributed by atoms with Crippen LogP contribution in [0.5, 0.6) is 5.88 Å². The first kappa shape index (κ1) is 12.8. The van der Waals surface area contributed by atoms with Crippen molar-refractivity contribution in [2.24, 2.45) is 0 Å². The summed E-state index contributed by atoms with van der Waals surface area (Å²) in [4.78, 5) is 15.8. The lowest BCUT2D eigenvalue weighted by atomic mass is 10.2. The second-order valence-electron chi connectivity index (χ2n) is 3.95. The molecule has 0 saturated carbocycles. The topological polar surface area (TPSA) is 72.5 Å². The predicted octanol–water partition coefficient (Wildman–Crippen LogP) is -0.192. The van der Waals surface area contributed by atoms with Crippen molar-refractivity contribution in [1.29, 1.82) is 0 Å². The molecule has 1 aromatic rings. The van der Waals surface area contributed by atoms with E-state index < -0.39 is 0 Å². The minimum Gasteiger partial charge on any atom is -0.470 e. The van der Waals surface area contributed by atoms with Gasteiger partial charge in [-0.2, -0.15) is 0 Å². The molecule has 0 radical (unpaired) electrons. The van der Waals surface area contributed by atoms with Gasteiger partial charge in [-0.3, -0.25) is 4.79 Å². The Morgan fingerprint density at radius 2 is 2.56 bits per heavy atom. The Morgan fingerprint density at radius 3 is 3.39 bits per heavy atom. The molecular weight excluding hydrogens is 234 g/mol. The molecule has 6 heteroatoms.